The van der Waals surface area contributed by atoms with Crippen molar-refractivity contribution in [2.24, 2.45) is 0 Å². The van der Waals surface area contributed by atoms with Crippen LogP contribution in [0.25, 0.3) is 0 Å². The van der Waals surface area contributed by atoms with Gasteiger partial charge in [0.25, 0.3) is 11.5 Å². The summed E-state index contributed by atoms with van der Waals surface area (Å²) in [5.74, 6) is -0.554. The van der Waals surface area contributed by atoms with E-state index in [0.717, 1.165) is 28.0 Å². The number of likely N-dealkylation sites (N-methyl/N-ethyl adjacent to an activating group) is 1. The molecule has 0 aliphatic carbocycles. The summed E-state index contributed by atoms with van der Waals surface area (Å²) in [4.78, 5) is 41.8. The lowest BCUT2D eigenvalue weighted by atomic mass is 10.1. The van der Waals surface area contributed by atoms with Gasteiger partial charge in [-0.05, 0) is 50.1 Å². The normalized spacial score (nSPS) is 14.9. The molecule has 0 saturated carbocycles. The summed E-state index contributed by atoms with van der Waals surface area (Å²) in [6.45, 7) is 4.07. The van der Waals surface area contributed by atoms with Crippen LogP contribution in [-0.2, 0) is 17.8 Å². The average Bonchev–Trinajstić information content (AvgIpc) is 3.11. The van der Waals surface area contributed by atoms with E-state index in [0.29, 0.717) is 6.54 Å². The molecule has 1 aromatic heterocycles. The smallest absolute Gasteiger partial charge is 0.278 e. The van der Waals surface area contributed by atoms with E-state index >= 15 is 0 Å². The fourth-order valence-corrected chi connectivity index (χ4v) is 4.00. The van der Waals surface area contributed by atoms with Crippen molar-refractivity contribution in [3.8, 4) is 0 Å². The third-order valence-corrected chi connectivity index (χ3v) is 5.48. The third-order valence-electron chi connectivity index (χ3n) is 5.48. The molecule has 3 aromatic rings. The maximum absolute atomic E-state index is 13.2. The van der Waals surface area contributed by atoms with Gasteiger partial charge in [-0.25, -0.2) is 4.68 Å². The van der Waals surface area contributed by atoms with Crippen LogP contribution in [0.1, 0.15) is 29.9 Å². The van der Waals surface area contributed by atoms with Gasteiger partial charge in [0.2, 0.25) is 5.91 Å². The van der Waals surface area contributed by atoms with Crippen molar-refractivity contribution in [1.82, 2.24) is 9.78 Å². The van der Waals surface area contributed by atoms with Crippen molar-refractivity contribution in [2.45, 2.75) is 32.9 Å². The molecule has 0 N–H and O–H groups in total. The van der Waals surface area contributed by atoms with Crippen LogP contribution in [-0.4, -0.2) is 34.2 Å². The molecule has 1 aliphatic heterocycles. The molecule has 0 unspecified atom stereocenters. The van der Waals surface area contributed by atoms with Gasteiger partial charge in [-0.3, -0.25) is 14.4 Å². The van der Waals surface area contributed by atoms with Gasteiger partial charge in [-0.1, -0.05) is 36.4 Å². The van der Waals surface area contributed by atoms with Gasteiger partial charge in [0, 0.05) is 30.0 Å². The van der Waals surface area contributed by atoms with Crippen LogP contribution in [0.5, 0.6) is 0 Å². The van der Waals surface area contributed by atoms with E-state index in [-0.39, 0.29) is 30.1 Å². The monoisotopic (exact) mass is 416 g/mol. The van der Waals surface area contributed by atoms with E-state index in [1.54, 1.807) is 9.80 Å². The second kappa shape index (κ2) is 8.55. The molecule has 2 aromatic carbocycles. The van der Waals surface area contributed by atoms with E-state index in [4.69, 9.17) is 0 Å². The molecular weight excluding hydrogens is 392 g/mol. The number of carbonyl (C=O) groups excluding carboxylic acids is 2. The third kappa shape index (κ3) is 3.99. The standard InChI is InChI=1S/C24H24N4O3/c1-3-26(19-10-5-4-6-11-19)23(30)16-27-22(29)14-13-20(25-27)24(31)28-17(2)15-18-9-7-8-12-21(18)28/h4-14,17H,3,15-16H2,1-2H3/t17-/m1/s1. The maximum Gasteiger partial charge on any atom is 0.278 e. The van der Waals surface area contributed by atoms with Crippen molar-refractivity contribution in [2.75, 3.05) is 16.3 Å². The SMILES string of the molecule is CCN(C(=O)Cn1nc(C(=O)N2c3ccccc3C[C@H]2C)ccc1=O)c1ccccc1. The Kier molecular flexibility index (Phi) is 5.66. The first-order valence-electron chi connectivity index (χ1n) is 10.3. The molecule has 7 heteroatoms. The number of aromatic nitrogens is 2. The second-order valence-corrected chi connectivity index (χ2v) is 7.55. The largest absolute Gasteiger partial charge is 0.311 e. The second-order valence-electron chi connectivity index (χ2n) is 7.55. The fraction of sp³-hybridized carbons (Fsp3) is 0.250. The lowest BCUT2D eigenvalue weighted by molar-refractivity contribution is -0.119. The zero-order valence-corrected chi connectivity index (χ0v) is 17.6. The Bertz CT molecular complexity index is 1170. The number of benzene rings is 2. The number of nitrogens with zero attached hydrogens (tertiary/aromatic N) is 4. The molecule has 1 aliphatic rings. The minimum Gasteiger partial charge on any atom is -0.311 e. The number of para-hydroxylation sites is 2. The lowest BCUT2D eigenvalue weighted by Crippen LogP contribution is -2.40. The molecule has 0 spiro atoms. The Balaban J connectivity index is 1.60. The van der Waals surface area contributed by atoms with E-state index in [9.17, 15) is 14.4 Å². The molecule has 0 radical (unpaired) electrons. The first-order valence-corrected chi connectivity index (χ1v) is 10.3. The Morgan fingerprint density at radius 1 is 1.03 bits per heavy atom. The average molecular weight is 416 g/mol. The number of carbonyl (C=O) groups is 2. The van der Waals surface area contributed by atoms with Crippen LogP contribution in [0.15, 0.2) is 71.5 Å². The summed E-state index contributed by atoms with van der Waals surface area (Å²) in [5.41, 5.74) is 2.42. The van der Waals surface area contributed by atoms with Crippen molar-refractivity contribution in [1.29, 1.82) is 0 Å². The van der Waals surface area contributed by atoms with Gasteiger partial charge in [0.1, 0.15) is 12.2 Å². The molecule has 4 rings (SSSR count). The topological polar surface area (TPSA) is 75.5 Å². The predicted molar refractivity (Wildman–Crippen MR) is 119 cm³/mol. The molecule has 1 atom stereocenters. The van der Waals surface area contributed by atoms with Gasteiger partial charge in [0.15, 0.2) is 0 Å². The molecule has 7 nitrogen and oxygen atoms in total. The summed E-state index contributed by atoms with van der Waals surface area (Å²) in [6.07, 6.45) is 0.766. The van der Waals surface area contributed by atoms with Gasteiger partial charge in [-0.2, -0.15) is 5.10 Å². The molecule has 2 heterocycles. The van der Waals surface area contributed by atoms with E-state index in [1.165, 1.54) is 12.1 Å². The summed E-state index contributed by atoms with van der Waals surface area (Å²) in [7, 11) is 0. The quantitative estimate of drug-likeness (QED) is 0.641. The van der Waals surface area contributed by atoms with Crippen LogP contribution in [0.3, 0.4) is 0 Å². The number of rotatable bonds is 5. The van der Waals surface area contributed by atoms with Gasteiger partial charge >= 0.3 is 0 Å². The molecule has 158 valence electrons. The Labute approximate surface area is 180 Å². The van der Waals surface area contributed by atoms with Gasteiger partial charge < -0.3 is 9.80 Å². The van der Waals surface area contributed by atoms with Crippen LogP contribution in [0.4, 0.5) is 11.4 Å². The lowest BCUT2D eigenvalue weighted by Gasteiger charge is -2.23. The van der Waals surface area contributed by atoms with Crippen LogP contribution in [0, 0.1) is 0 Å². The summed E-state index contributed by atoms with van der Waals surface area (Å²) in [5, 5.41) is 4.24. The number of hydrogen-bond acceptors (Lipinski definition) is 4. The first kappa shape index (κ1) is 20.5. The van der Waals surface area contributed by atoms with Crippen molar-refractivity contribution in [3.63, 3.8) is 0 Å². The van der Waals surface area contributed by atoms with Crippen molar-refractivity contribution >= 4 is 23.2 Å². The van der Waals surface area contributed by atoms with E-state index in [2.05, 4.69) is 5.10 Å². The van der Waals surface area contributed by atoms with Crippen molar-refractivity contribution < 1.29 is 9.59 Å². The zero-order valence-electron chi connectivity index (χ0n) is 17.6. The number of fused-ring (bicyclic) bond motifs is 1. The minimum atomic E-state index is -0.427. The van der Waals surface area contributed by atoms with E-state index < -0.39 is 5.56 Å². The van der Waals surface area contributed by atoms with Crippen LogP contribution < -0.4 is 15.4 Å². The number of anilines is 2. The van der Waals surface area contributed by atoms with Crippen molar-refractivity contribution in [3.05, 3.63) is 88.3 Å². The Hall–Kier alpha value is -3.74. The highest BCUT2D eigenvalue weighted by Gasteiger charge is 2.32. The minimum absolute atomic E-state index is 0.0117. The zero-order chi connectivity index (χ0) is 22.0. The molecule has 31 heavy (non-hydrogen) atoms. The van der Waals surface area contributed by atoms with E-state index in [1.807, 2.05) is 68.4 Å². The highest BCUT2D eigenvalue weighted by molar-refractivity contribution is 6.06. The van der Waals surface area contributed by atoms with Crippen LogP contribution >= 0.6 is 0 Å². The Morgan fingerprint density at radius 2 is 1.74 bits per heavy atom. The highest BCUT2D eigenvalue weighted by Crippen LogP contribution is 2.32. The summed E-state index contributed by atoms with van der Waals surface area (Å²) >= 11 is 0. The molecule has 0 saturated heterocycles. The molecule has 0 fully saturated rings. The first-order chi connectivity index (χ1) is 15.0. The Morgan fingerprint density at radius 3 is 2.48 bits per heavy atom. The van der Waals surface area contributed by atoms with Gasteiger partial charge in [-0.15, -0.1) is 0 Å². The highest BCUT2D eigenvalue weighted by atomic mass is 16.2. The fourth-order valence-electron chi connectivity index (χ4n) is 4.00. The van der Waals surface area contributed by atoms with Crippen LogP contribution in [0.2, 0.25) is 0 Å². The summed E-state index contributed by atoms with van der Waals surface area (Å²) in [6, 6.07) is 19.7. The molecule has 2 amide bonds. The molecule has 0 bridgehead atoms. The maximum atomic E-state index is 13.2. The summed E-state index contributed by atoms with van der Waals surface area (Å²) < 4.78 is 1.06. The molecular formula is C24H24N4O3. The number of amides is 2. The van der Waals surface area contributed by atoms with Gasteiger partial charge in [0.05, 0.1) is 0 Å². The predicted octanol–water partition coefficient (Wildman–Crippen LogP) is 2.89. The number of hydrogen-bond donors (Lipinski definition) is 0.